The molecule has 0 heterocycles. The third-order valence-electron chi connectivity index (χ3n) is 2.77. The minimum Gasteiger partial charge on any atom is -0.497 e. The summed E-state index contributed by atoms with van der Waals surface area (Å²) in [4.78, 5) is 12.1. The summed E-state index contributed by atoms with van der Waals surface area (Å²) in [6.07, 6.45) is 0.621. The van der Waals surface area contributed by atoms with Gasteiger partial charge in [-0.05, 0) is 44.9 Å². The van der Waals surface area contributed by atoms with Crippen molar-refractivity contribution in [3.8, 4) is 5.75 Å². The van der Waals surface area contributed by atoms with Crippen LogP contribution in [0.5, 0.6) is 5.75 Å². The van der Waals surface area contributed by atoms with E-state index in [9.17, 15) is 4.79 Å². The Morgan fingerprint density at radius 1 is 1.42 bits per heavy atom. The molecule has 4 heteroatoms. The van der Waals surface area contributed by atoms with Gasteiger partial charge in [0.2, 0.25) is 5.91 Å². The SMILES string of the molecule is COc1cccc(CC(CN)C(=O)NC(C)(C)C)c1. The first-order valence-corrected chi connectivity index (χ1v) is 6.50. The maximum absolute atomic E-state index is 12.1. The Labute approximate surface area is 115 Å². The second-order valence-electron chi connectivity index (χ2n) is 5.73. The fraction of sp³-hybridized carbons (Fsp3) is 0.533. The van der Waals surface area contributed by atoms with Gasteiger partial charge >= 0.3 is 0 Å². The van der Waals surface area contributed by atoms with Gasteiger partial charge in [0.15, 0.2) is 0 Å². The molecule has 1 unspecified atom stereocenters. The van der Waals surface area contributed by atoms with Crippen LogP contribution in [-0.4, -0.2) is 25.1 Å². The number of carbonyl (C=O) groups excluding carboxylic acids is 1. The van der Waals surface area contributed by atoms with E-state index >= 15 is 0 Å². The van der Waals surface area contributed by atoms with E-state index in [1.165, 1.54) is 0 Å². The smallest absolute Gasteiger partial charge is 0.225 e. The molecule has 0 saturated heterocycles. The van der Waals surface area contributed by atoms with Gasteiger partial charge in [-0.1, -0.05) is 12.1 Å². The fourth-order valence-electron chi connectivity index (χ4n) is 1.84. The molecule has 1 rings (SSSR count). The minimum atomic E-state index is -0.237. The van der Waals surface area contributed by atoms with Gasteiger partial charge in [0.1, 0.15) is 5.75 Å². The molecule has 1 aromatic rings. The largest absolute Gasteiger partial charge is 0.497 e. The molecule has 0 fully saturated rings. The quantitative estimate of drug-likeness (QED) is 0.851. The molecule has 1 amide bonds. The van der Waals surface area contributed by atoms with Gasteiger partial charge in [0, 0.05) is 12.1 Å². The van der Waals surface area contributed by atoms with E-state index in [0.717, 1.165) is 11.3 Å². The number of nitrogens with one attached hydrogen (secondary N) is 1. The predicted molar refractivity (Wildman–Crippen MR) is 77.1 cm³/mol. The molecular weight excluding hydrogens is 240 g/mol. The van der Waals surface area contributed by atoms with Crippen LogP contribution in [0.1, 0.15) is 26.3 Å². The molecule has 1 atom stereocenters. The summed E-state index contributed by atoms with van der Waals surface area (Å²) >= 11 is 0. The van der Waals surface area contributed by atoms with Crippen LogP contribution < -0.4 is 15.8 Å². The van der Waals surface area contributed by atoms with Gasteiger partial charge in [0.05, 0.1) is 13.0 Å². The van der Waals surface area contributed by atoms with Gasteiger partial charge in [-0.25, -0.2) is 0 Å². The molecule has 0 saturated carbocycles. The topological polar surface area (TPSA) is 64.3 Å². The van der Waals surface area contributed by atoms with Crippen LogP contribution in [0.2, 0.25) is 0 Å². The third-order valence-corrected chi connectivity index (χ3v) is 2.77. The molecule has 1 aromatic carbocycles. The second-order valence-corrected chi connectivity index (χ2v) is 5.73. The molecule has 19 heavy (non-hydrogen) atoms. The lowest BCUT2D eigenvalue weighted by Gasteiger charge is -2.24. The van der Waals surface area contributed by atoms with Crippen molar-refractivity contribution < 1.29 is 9.53 Å². The highest BCUT2D eigenvalue weighted by molar-refractivity contribution is 5.79. The first-order chi connectivity index (χ1) is 8.85. The number of methoxy groups -OCH3 is 1. The van der Waals surface area contributed by atoms with E-state index in [-0.39, 0.29) is 17.4 Å². The lowest BCUT2D eigenvalue weighted by Crippen LogP contribution is -2.46. The number of benzene rings is 1. The number of ether oxygens (including phenoxy) is 1. The zero-order valence-corrected chi connectivity index (χ0v) is 12.2. The Hall–Kier alpha value is -1.55. The van der Waals surface area contributed by atoms with Crippen LogP contribution >= 0.6 is 0 Å². The van der Waals surface area contributed by atoms with Crippen LogP contribution in [0.4, 0.5) is 0 Å². The lowest BCUT2D eigenvalue weighted by atomic mass is 9.97. The summed E-state index contributed by atoms with van der Waals surface area (Å²) in [6.45, 7) is 6.22. The van der Waals surface area contributed by atoms with Crippen molar-refractivity contribution in [2.75, 3.05) is 13.7 Å². The number of hydrogen-bond donors (Lipinski definition) is 2. The summed E-state index contributed by atoms with van der Waals surface area (Å²) in [5, 5.41) is 2.97. The van der Waals surface area contributed by atoms with Crippen LogP contribution in [0.3, 0.4) is 0 Å². The average Bonchev–Trinajstić information content (AvgIpc) is 2.34. The molecule has 0 aromatic heterocycles. The van der Waals surface area contributed by atoms with E-state index in [2.05, 4.69) is 5.32 Å². The highest BCUT2D eigenvalue weighted by Gasteiger charge is 2.22. The number of hydrogen-bond acceptors (Lipinski definition) is 3. The molecule has 0 spiro atoms. The Balaban J connectivity index is 2.73. The molecule has 0 aliphatic heterocycles. The maximum atomic E-state index is 12.1. The van der Waals surface area contributed by atoms with Crippen molar-refractivity contribution >= 4 is 5.91 Å². The van der Waals surface area contributed by atoms with Gasteiger partial charge in [0.25, 0.3) is 0 Å². The first-order valence-electron chi connectivity index (χ1n) is 6.50. The first kappa shape index (κ1) is 15.5. The van der Waals surface area contributed by atoms with E-state index in [1.807, 2.05) is 45.0 Å². The fourth-order valence-corrected chi connectivity index (χ4v) is 1.84. The Kier molecular flexibility index (Phi) is 5.36. The summed E-state index contributed by atoms with van der Waals surface area (Å²) in [7, 11) is 1.63. The molecule has 0 radical (unpaired) electrons. The monoisotopic (exact) mass is 264 g/mol. The number of rotatable bonds is 5. The normalized spacial score (nSPS) is 12.9. The molecule has 0 aliphatic rings. The van der Waals surface area contributed by atoms with E-state index in [0.29, 0.717) is 13.0 Å². The van der Waals surface area contributed by atoms with E-state index in [1.54, 1.807) is 7.11 Å². The van der Waals surface area contributed by atoms with Gasteiger partial charge in [-0.15, -0.1) is 0 Å². The summed E-state index contributed by atoms with van der Waals surface area (Å²) in [6, 6.07) is 7.72. The Morgan fingerprint density at radius 3 is 2.63 bits per heavy atom. The van der Waals surface area contributed by atoms with Crippen LogP contribution in [0.15, 0.2) is 24.3 Å². The molecule has 0 aliphatic carbocycles. The molecule has 4 nitrogen and oxygen atoms in total. The zero-order valence-electron chi connectivity index (χ0n) is 12.2. The predicted octanol–water partition coefficient (Wildman–Crippen LogP) is 1.73. The van der Waals surface area contributed by atoms with E-state index < -0.39 is 0 Å². The van der Waals surface area contributed by atoms with Crippen molar-refractivity contribution in [1.82, 2.24) is 5.32 Å². The molecule has 106 valence electrons. The third kappa shape index (κ3) is 5.30. The van der Waals surface area contributed by atoms with Gasteiger partial charge < -0.3 is 15.8 Å². The lowest BCUT2D eigenvalue weighted by molar-refractivity contribution is -0.126. The molecule has 3 N–H and O–H groups in total. The Morgan fingerprint density at radius 2 is 2.11 bits per heavy atom. The minimum absolute atomic E-state index is 0.00202. The maximum Gasteiger partial charge on any atom is 0.225 e. The average molecular weight is 264 g/mol. The summed E-state index contributed by atoms with van der Waals surface area (Å²) < 4.78 is 5.18. The van der Waals surface area contributed by atoms with Crippen LogP contribution in [0.25, 0.3) is 0 Å². The van der Waals surface area contributed by atoms with Crippen LogP contribution in [0, 0.1) is 5.92 Å². The van der Waals surface area contributed by atoms with Crippen molar-refractivity contribution in [3.05, 3.63) is 29.8 Å². The number of nitrogens with two attached hydrogens (primary N) is 1. The highest BCUT2D eigenvalue weighted by atomic mass is 16.5. The Bertz CT molecular complexity index is 424. The van der Waals surface area contributed by atoms with Crippen LogP contribution in [-0.2, 0) is 11.2 Å². The second kappa shape index (κ2) is 6.57. The van der Waals surface area contributed by atoms with Crippen molar-refractivity contribution in [2.45, 2.75) is 32.7 Å². The van der Waals surface area contributed by atoms with Gasteiger partial charge in [-0.2, -0.15) is 0 Å². The summed E-state index contributed by atoms with van der Waals surface area (Å²) in [5.41, 5.74) is 6.54. The van der Waals surface area contributed by atoms with E-state index in [4.69, 9.17) is 10.5 Å². The van der Waals surface area contributed by atoms with Crippen molar-refractivity contribution in [3.63, 3.8) is 0 Å². The number of amides is 1. The number of carbonyl (C=O) groups is 1. The summed E-state index contributed by atoms with van der Waals surface area (Å²) in [5.74, 6) is 0.577. The zero-order chi connectivity index (χ0) is 14.5. The molecular formula is C15H24N2O2. The molecule has 0 bridgehead atoms. The highest BCUT2D eigenvalue weighted by Crippen LogP contribution is 2.16. The van der Waals surface area contributed by atoms with Crippen molar-refractivity contribution in [2.24, 2.45) is 11.7 Å². The van der Waals surface area contributed by atoms with Crippen molar-refractivity contribution in [1.29, 1.82) is 0 Å². The standard InChI is InChI=1S/C15H24N2O2/c1-15(2,3)17-14(18)12(10-16)8-11-6-5-7-13(9-11)19-4/h5-7,9,12H,8,10,16H2,1-4H3,(H,17,18). The van der Waals surface area contributed by atoms with Gasteiger partial charge in [-0.3, -0.25) is 4.79 Å².